The maximum absolute atomic E-state index is 4.90. The van der Waals surface area contributed by atoms with Crippen molar-refractivity contribution in [3.63, 3.8) is 0 Å². The standard InChI is InChI=1S/C16H25N3/c1-17-14-8-6-13(7-9-14)16-18-11-10-15(19-16)12-4-2-3-5-12/h10-14,17H,2-9H2,1H3. The fraction of sp³-hybridized carbons (Fsp3) is 0.750. The SMILES string of the molecule is CNC1CCC(c2nccc(C3CCCC3)n2)CC1. The molecule has 2 fully saturated rings. The van der Waals surface area contributed by atoms with Gasteiger partial charge in [0.1, 0.15) is 5.82 Å². The zero-order valence-corrected chi connectivity index (χ0v) is 11.9. The summed E-state index contributed by atoms with van der Waals surface area (Å²) in [5, 5.41) is 3.39. The van der Waals surface area contributed by atoms with E-state index in [-0.39, 0.29) is 0 Å². The van der Waals surface area contributed by atoms with Gasteiger partial charge in [0.2, 0.25) is 0 Å². The molecule has 1 aromatic rings. The molecule has 0 aromatic carbocycles. The Hall–Kier alpha value is -0.960. The molecule has 0 amide bonds. The monoisotopic (exact) mass is 259 g/mol. The van der Waals surface area contributed by atoms with Crippen LogP contribution in [0.15, 0.2) is 12.3 Å². The van der Waals surface area contributed by atoms with Crippen LogP contribution in [-0.4, -0.2) is 23.1 Å². The summed E-state index contributed by atoms with van der Waals surface area (Å²) in [4.78, 5) is 9.45. The van der Waals surface area contributed by atoms with Crippen LogP contribution < -0.4 is 5.32 Å². The molecule has 0 saturated heterocycles. The van der Waals surface area contributed by atoms with Gasteiger partial charge in [-0.3, -0.25) is 0 Å². The zero-order chi connectivity index (χ0) is 13.1. The number of nitrogens with zero attached hydrogens (tertiary/aromatic N) is 2. The lowest BCUT2D eigenvalue weighted by molar-refractivity contribution is 0.350. The van der Waals surface area contributed by atoms with Gasteiger partial charge in [0.05, 0.1) is 0 Å². The highest BCUT2D eigenvalue weighted by Gasteiger charge is 2.25. The number of aromatic nitrogens is 2. The van der Waals surface area contributed by atoms with E-state index in [1.807, 2.05) is 6.20 Å². The molecular weight excluding hydrogens is 234 g/mol. The molecule has 2 saturated carbocycles. The van der Waals surface area contributed by atoms with Crippen LogP contribution in [0.2, 0.25) is 0 Å². The fourth-order valence-electron chi connectivity index (χ4n) is 3.67. The minimum absolute atomic E-state index is 0.589. The van der Waals surface area contributed by atoms with Gasteiger partial charge >= 0.3 is 0 Å². The Morgan fingerprint density at radius 3 is 2.42 bits per heavy atom. The van der Waals surface area contributed by atoms with Crippen LogP contribution in [0, 0.1) is 0 Å². The molecule has 0 atom stereocenters. The summed E-state index contributed by atoms with van der Waals surface area (Å²) < 4.78 is 0. The molecular formula is C16H25N3. The third-order valence-electron chi connectivity index (χ3n) is 4.97. The zero-order valence-electron chi connectivity index (χ0n) is 11.9. The molecule has 3 heteroatoms. The highest BCUT2D eigenvalue weighted by molar-refractivity contribution is 5.12. The predicted octanol–water partition coefficient (Wildman–Crippen LogP) is 3.38. The second-order valence-corrected chi connectivity index (χ2v) is 6.16. The average Bonchev–Trinajstić information content (AvgIpc) is 3.02. The molecule has 1 N–H and O–H groups in total. The number of nitrogens with one attached hydrogen (secondary N) is 1. The molecule has 3 rings (SSSR count). The molecule has 3 nitrogen and oxygen atoms in total. The van der Waals surface area contributed by atoms with Gasteiger partial charge in [0, 0.05) is 29.8 Å². The second-order valence-electron chi connectivity index (χ2n) is 6.16. The van der Waals surface area contributed by atoms with Crippen LogP contribution in [0.4, 0.5) is 0 Å². The van der Waals surface area contributed by atoms with Gasteiger partial charge in [-0.15, -0.1) is 0 Å². The lowest BCUT2D eigenvalue weighted by Gasteiger charge is -2.27. The Bertz CT molecular complexity index is 404. The van der Waals surface area contributed by atoms with E-state index in [4.69, 9.17) is 4.98 Å². The summed E-state index contributed by atoms with van der Waals surface area (Å²) in [6, 6.07) is 2.84. The highest BCUT2D eigenvalue weighted by atomic mass is 14.9. The first-order valence-corrected chi connectivity index (χ1v) is 7.87. The van der Waals surface area contributed by atoms with Crippen molar-refractivity contribution in [1.29, 1.82) is 0 Å². The number of hydrogen-bond acceptors (Lipinski definition) is 3. The van der Waals surface area contributed by atoms with Gasteiger partial charge in [-0.2, -0.15) is 0 Å². The predicted molar refractivity (Wildman–Crippen MR) is 77.3 cm³/mol. The lowest BCUT2D eigenvalue weighted by atomic mass is 9.85. The van der Waals surface area contributed by atoms with Crippen molar-refractivity contribution in [2.24, 2.45) is 0 Å². The Kier molecular flexibility index (Phi) is 4.12. The normalized spacial score (nSPS) is 28.7. The van der Waals surface area contributed by atoms with Gasteiger partial charge in [0.25, 0.3) is 0 Å². The summed E-state index contributed by atoms with van der Waals surface area (Å²) >= 11 is 0. The minimum atomic E-state index is 0.589. The van der Waals surface area contributed by atoms with Crippen molar-refractivity contribution in [2.45, 2.75) is 69.2 Å². The Morgan fingerprint density at radius 2 is 1.74 bits per heavy atom. The minimum Gasteiger partial charge on any atom is -0.317 e. The molecule has 19 heavy (non-hydrogen) atoms. The molecule has 0 aliphatic heterocycles. The van der Waals surface area contributed by atoms with Crippen molar-refractivity contribution < 1.29 is 0 Å². The van der Waals surface area contributed by atoms with Crippen LogP contribution in [0.5, 0.6) is 0 Å². The van der Waals surface area contributed by atoms with E-state index in [9.17, 15) is 0 Å². The van der Waals surface area contributed by atoms with Gasteiger partial charge < -0.3 is 5.32 Å². The molecule has 1 aromatic heterocycles. The smallest absolute Gasteiger partial charge is 0.131 e. The first-order valence-electron chi connectivity index (χ1n) is 7.87. The van der Waals surface area contributed by atoms with Crippen molar-refractivity contribution >= 4 is 0 Å². The highest BCUT2D eigenvalue weighted by Crippen LogP contribution is 2.35. The Balaban J connectivity index is 1.69. The average molecular weight is 259 g/mol. The van der Waals surface area contributed by atoms with Crippen LogP contribution in [0.3, 0.4) is 0 Å². The van der Waals surface area contributed by atoms with Gasteiger partial charge in [-0.05, 0) is 51.6 Å². The van der Waals surface area contributed by atoms with E-state index in [0.717, 1.165) is 5.82 Å². The van der Waals surface area contributed by atoms with Crippen LogP contribution in [-0.2, 0) is 0 Å². The summed E-state index contributed by atoms with van der Waals surface area (Å²) in [7, 11) is 2.07. The third kappa shape index (κ3) is 2.97. The van der Waals surface area contributed by atoms with E-state index in [1.54, 1.807) is 0 Å². The van der Waals surface area contributed by atoms with Crippen molar-refractivity contribution in [3.8, 4) is 0 Å². The maximum atomic E-state index is 4.90. The maximum Gasteiger partial charge on any atom is 0.131 e. The number of rotatable bonds is 3. The van der Waals surface area contributed by atoms with Gasteiger partial charge in [0.15, 0.2) is 0 Å². The first-order chi connectivity index (χ1) is 9.36. The summed E-state index contributed by atoms with van der Waals surface area (Å²) in [5.41, 5.74) is 1.30. The molecule has 1 heterocycles. The molecule has 0 spiro atoms. The summed E-state index contributed by atoms with van der Waals surface area (Å²) in [5.74, 6) is 2.40. The topological polar surface area (TPSA) is 37.8 Å². The molecule has 0 radical (unpaired) electrons. The first kappa shape index (κ1) is 13.0. The third-order valence-corrected chi connectivity index (χ3v) is 4.97. The van der Waals surface area contributed by atoms with Crippen molar-refractivity contribution in [3.05, 3.63) is 23.8 Å². The van der Waals surface area contributed by atoms with Crippen LogP contribution in [0.1, 0.15) is 74.7 Å². The molecule has 104 valence electrons. The molecule has 0 unspecified atom stereocenters. The van der Waals surface area contributed by atoms with Crippen molar-refractivity contribution in [2.75, 3.05) is 7.05 Å². The molecule has 0 bridgehead atoms. The lowest BCUT2D eigenvalue weighted by Crippen LogP contribution is -2.30. The number of hydrogen-bond donors (Lipinski definition) is 1. The largest absolute Gasteiger partial charge is 0.317 e. The van der Waals surface area contributed by atoms with Gasteiger partial charge in [-0.25, -0.2) is 9.97 Å². The fourth-order valence-corrected chi connectivity index (χ4v) is 3.67. The second kappa shape index (κ2) is 6.00. The molecule has 2 aliphatic rings. The Morgan fingerprint density at radius 1 is 1.00 bits per heavy atom. The summed E-state index contributed by atoms with van der Waals surface area (Å²) in [6.45, 7) is 0. The quantitative estimate of drug-likeness (QED) is 0.904. The van der Waals surface area contributed by atoms with E-state index in [2.05, 4.69) is 23.4 Å². The van der Waals surface area contributed by atoms with E-state index in [0.29, 0.717) is 17.9 Å². The molecule has 2 aliphatic carbocycles. The van der Waals surface area contributed by atoms with E-state index in [1.165, 1.54) is 57.1 Å². The van der Waals surface area contributed by atoms with Gasteiger partial charge in [-0.1, -0.05) is 12.8 Å². The van der Waals surface area contributed by atoms with E-state index < -0.39 is 0 Å². The van der Waals surface area contributed by atoms with Crippen LogP contribution in [0.25, 0.3) is 0 Å². The van der Waals surface area contributed by atoms with E-state index >= 15 is 0 Å². The Labute approximate surface area is 116 Å². The van der Waals surface area contributed by atoms with Crippen molar-refractivity contribution in [1.82, 2.24) is 15.3 Å². The summed E-state index contributed by atoms with van der Waals surface area (Å²) in [6.07, 6.45) is 12.4. The van der Waals surface area contributed by atoms with Crippen LogP contribution >= 0.6 is 0 Å².